The van der Waals surface area contributed by atoms with E-state index >= 15 is 0 Å². The maximum atomic E-state index is 4.34. The number of rotatable bonds is 1. The molecule has 3 aromatic heterocycles. The molecule has 16 heavy (non-hydrogen) atoms. The Labute approximate surface area is 106 Å². The van der Waals surface area contributed by atoms with Crippen LogP contribution >= 0.6 is 22.6 Å². The molecular weight excluding hydrogens is 315 g/mol. The van der Waals surface area contributed by atoms with Gasteiger partial charge in [0.05, 0.1) is 12.4 Å². The van der Waals surface area contributed by atoms with E-state index in [1.54, 1.807) is 4.68 Å². The first kappa shape index (κ1) is 9.83. The fraction of sp³-hybridized carbons (Fsp3) is 0.0909. The molecule has 0 spiro atoms. The maximum Gasteiger partial charge on any atom is 0.138 e. The van der Waals surface area contributed by atoms with Gasteiger partial charge in [0.1, 0.15) is 9.35 Å². The molecule has 3 rings (SSSR count). The Morgan fingerprint density at radius 3 is 2.88 bits per heavy atom. The van der Waals surface area contributed by atoms with Crippen LogP contribution in [0.3, 0.4) is 0 Å². The molecule has 0 radical (unpaired) electrons. The van der Waals surface area contributed by atoms with Gasteiger partial charge in [0.2, 0.25) is 0 Å². The van der Waals surface area contributed by atoms with Gasteiger partial charge in [-0.05, 0) is 40.3 Å². The average Bonchev–Trinajstić information content (AvgIpc) is 2.86. The number of halogens is 1. The number of imidazole rings is 1. The minimum Gasteiger partial charge on any atom is -0.295 e. The third-order valence-corrected chi connectivity index (χ3v) is 3.30. The van der Waals surface area contributed by atoms with Crippen LogP contribution in [0.25, 0.3) is 16.8 Å². The molecule has 4 nitrogen and oxygen atoms in total. The summed E-state index contributed by atoms with van der Waals surface area (Å²) in [6.45, 7) is 0. The van der Waals surface area contributed by atoms with Gasteiger partial charge < -0.3 is 0 Å². The lowest BCUT2D eigenvalue weighted by atomic mass is 10.1. The first-order chi connectivity index (χ1) is 7.74. The molecule has 3 heterocycles. The minimum atomic E-state index is 0.964. The molecule has 0 N–H and O–H groups in total. The number of nitrogens with zero attached hydrogens (tertiary/aromatic N) is 4. The lowest BCUT2D eigenvalue weighted by molar-refractivity contribution is 0.768. The summed E-state index contributed by atoms with van der Waals surface area (Å²) in [5.41, 5.74) is 3.22. The molecule has 0 unspecified atom stereocenters. The number of aryl methyl sites for hydroxylation is 1. The van der Waals surface area contributed by atoms with E-state index < -0.39 is 0 Å². The monoisotopic (exact) mass is 324 g/mol. The van der Waals surface area contributed by atoms with Crippen molar-refractivity contribution in [2.45, 2.75) is 0 Å². The van der Waals surface area contributed by atoms with E-state index in [0.717, 1.165) is 20.5 Å². The molecule has 0 saturated carbocycles. The molecule has 5 heteroatoms. The third-order valence-electron chi connectivity index (χ3n) is 2.51. The van der Waals surface area contributed by atoms with Crippen LogP contribution in [0.2, 0.25) is 0 Å². The van der Waals surface area contributed by atoms with Gasteiger partial charge >= 0.3 is 0 Å². The molecule has 0 aromatic carbocycles. The predicted molar refractivity (Wildman–Crippen MR) is 70.1 cm³/mol. The Morgan fingerprint density at radius 2 is 2.12 bits per heavy atom. The lowest BCUT2D eigenvalue weighted by Crippen LogP contribution is -1.87. The number of hydrogen-bond donors (Lipinski definition) is 0. The van der Waals surface area contributed by atoms with Crippen molar-refractivity contribution in [2.24, 2.45) is 7.05 Å². The highest BCUT2D eigenvalue weighted by Crippen LogP contribution is 2.20. The second-order valence-electron chi connectivity index (χ2n) is 3.63. The zero-order valence-corrected chi connectivity index (χ0v) is 10.8. The van der Waals surface area contributed by atoms with Crippen molar-refractivity contribution in [1.29, 1.82) is 0 Å². The summed E-state index contributed by atoms with van der Waals surface area (Å²) in [4.78, 5) is 4.34. The van der Waals surface area contributed by atoms with Gasteiger partial charge in [-0.25, -0.2) is 4.98 Å². The minimum absolute atomic E-state index is 0.964. The van der Waals surface area contributed by atoms with Crippen molar-refractivity contribution < 1.29 is 0 Å². The van der Waals surface area contributed by atoms with Gasteiger partial charge in [-0.15, -0.1) is 0 Å². The maximum absolute atomic E-state index is 4.34. The van der Waals surface area contributed by atoms with Crippen LogP contribution < -0.4 is 0 Å². The Balaban J connectivity index is 2.18. The lowest BCUT2D eigenvalue weighted by Gasteiger charge is -1.99. The Bertz CT molecular complexity index is 653. The summed E-state index contributed by atoms with van der Waals surface area (Å²) in [7, 11) is 1.92. The van der Waals surface area contributed by atoms with Gasteiger partial charge in [-0.1, -0.05) is 0 Å². The van der Waals surface area contributed by atoms with Crippen LogP contribution in [-0.4, -0.2) is 19.2 Å². The van der Waals surface area contributed by atoms with Gasteiger partial charge in [0, 0.05) is 25.0 Å². The summed E-state index contributed by atoms with van der Waals surface area (Å²) in [5, 5.41) is 4.17. The van der Waals surface area contributed by atoms with Crippen LogP contribution in [0, 0.1) is 3.70 Å². The summed E-state index contributed by atoms with van der Waals surface area (Å²) in [6.07, 6.45) is 7.76. The van der Waals surface area contributed by atoms with E-state index in [0.29, 0.717) is 0 Å². The smallest absolute Gasteiger partial charge is 0.138 e. The molecule has 0 aliphatic rings. The van der Waals surface area contributed by atoms with Crippen LogP contribution in [-0.2, 0) is 7.05 Å². The molecule has 0 amide bonds. The van der Waals surface area contributed by atoms with Gasteiger partial charge in [-0.2, -0.15) is 5.10 Å². The molecule has 0 atom stereocenters. The molecule has 0 aliphatic carbocycles. The quantitative estimate of drug-likeness (QED) is 0.644. The SMILES string of the molecule is Cn1cc(-c2ccn3c(I)cnc3c2)cn1. The fourth-order valence-corrected chi connectivity index (χ4v) is 2.25. The van der Waals surface area contributed by atoms with E-state index in [9.17, 15) is 0 Å². The predicted octanol–water partition coefficient (Wildman–Crippen LogP) is 2.34. The van der Waals surface area contributed by atoms with Crippen LogP contribution in [0.15, 0.2) is 36.9 Å². The normalized spacial score (nSPS) is 11.1. The highest BCUT2D eigenvalue weighted by atomic mass is 127. The highest BCUT2D eigenvalue weighted by molar-refractivity contribution is 14.1. The average molecular weight is 324 g/mol. The van der Waals surface area contributed by atoms with E-state index in [-0.39, 0.29) is 0 Å². The third kappa shape index (κ3) is 1.51. The first-order valence-corrected chi connectivity index (χ1v) is 5.93. The first-order valence-electron chi connectivity index (χ1n) is 4.86. The molecule has 0 saturated heterocycles. The fourth-order valence-electron chi connectivity index (χ4n) is 1.70. The van der Waals surface area contributed by atoms with E-state index in [1.807, 2.05) is 31.8 Å². The van der Waals surface area contributed by atoms with Crippen molar-refractivity contribution in [3.8, 4) is 11.1 Å². The number of hydrogen-bond acceptors (Lipinski definition) is 2. The number of pyridine rings is 1. The van der Waals surface area contributed by atoms with Gasteiger partial charge in [0.15, 0.2) is 0 Å². The highest BCUT2D eigenvalue weighted by Gasteiger charge is 2.04. The Hall–Kier alpha value is -1.37. The van der Waals surface area contributed by atoms with Crippen molar-refractivity contribution in [3.63, 3.8) is 0 Å². The molecular formula is C11H9IN4. The summed E-state index contributed by atoms with van der Waals surface area (Å²) >= 11 is 2.27. The second-order valence-corrected chi connectivity index (χ2v) is 4.73. The largest absolute Gasteiger partial charge is 0.295 e. The summed E-state index contributed by atoms with van der Waals surface area (Å²) in [5.74, 6) is 0. The molecule has 0 bridgehead atoms. The van der Waals surface area contributed by atoms with Crippen molar-refractivity contribution in [2.75, 3.05) is 0 Å². The zero-order valence-electron chi connectivity index (χ0n) is 8.63. The van der Waals surface area contributed by atoms with Crippen molar-refractivity contribution in [1.82, 2.24) is 19.2 Å². The molecule has 3 aromatic rings. The van der Waals surface area contributed by atoms with E-state index in [4.69, 9.17) is 0 Å². The van der Waals surface area contributed by atoms with Crippen molar-refractivity contribution >= 4 is 28.2 Å². The molecule has 0 fully saturated rings. The topological polar surface area (TPSA) is 35.1 Å². The van der Waals surface area contributed by atoms with Crippen molar-refractivity contribution in [3.05, 3.63) is 40.6 Å². The van der Waals surface area contributed by atoms with E-state index in [1.165, 1.54) is 0 Å². The number of fused-ring (bicyclic) bond motifs is 1. The second kappa shape index (κ2) is 3.58. The number of aromatic nitrogens is 4. The zero-order chi connectivity index (χ0) is 11.1. The standard InChI is InChI=1S/C11H9IN4/c1-15-7-9(5-14-15)8-2-3-16-10(12)6-13-11(16)4-8/h2-7H,1H3. The Kier molecular flexibility index (Phi) is 2.20. The Morgan fingerprint density at radius 1 is 1.25 bits per heavy atom. The molecule has 80 valence electrons. The summed E-state index contributed by atoms with van der Waals surface area (Å²) < 4.78 is 4.97. The van der Waals surface area contributed by atoms with Crippen LogP contribution in [0.4, 0.5) is 0 Å². The summed E-state index contributed by atoms with van der Waals surface area (Å²) in [6, 6.07) is 4.15. The van der Waals surface area contributed by atoms with Crippen LogP contribution in [0.5, 0.6) is 0 Å². The van der Waals surface area contributed by atoms with Gasteiger partial charge in [-0.3, -0.25) is 9.08 Å². The molecule has 0 aliphatic heterocycles. The van der Waals surface area contributed by atoms with Gasteiger partial charge in [0.25, 0.3) is 0 Å². The van der Waals surface area contributed by atoms with Crippen LogP contribution in [0.1, 0.15) is 0 Å². The van der Waals surface area contributed by atoms with E-state index in [2.05, 4.69) is 49.2 Å².